The number of nitrogens with zero attached hydrogens (tertiary/aromatic N) is 2. The van der Waals surface area contributed by atoms with Crippen LogP contribution in [0.1, 0.15) is 46.4 Å². The predicted molar refractivity (Wildman–Crippen MR) is 109 cm³/mol. The first-order valence-electron chi connectivity index (χ1n) is 9.72. The van der Waals surface area contributed by atoms with Crippen LogP contribution in [0.4, 0.5) is 11.4 Å². The molecule has 1 fully saturated rings. The maximum absolute atomic E-state index is 13.0. The zero-order valence-electron chi connectivity index (χ0n) is 16.3. The molecule has 2 aromatic rings. The number of hydrogen-bond acceptors (Lipinski definition) is 4. The van der Waals surface area contributed by atoms with Crippen molar-refractivity contribution >= 4 is 23.2 Å². The van der Waals surface area contributed by atoms with Gasteiger partial charge in [0, 0.05) is 24.8 Å². The molecule has 2 aliphatic heterocycles. The average molecular weight is 379 g/mol. The molecular formula is C22H25N3O3. The number of benzene rings is 2. The summed E-state index contributed by atoms with van der Waals surface area (Å²) in [6.07, 6.45) is 4.35. The predicted octanol–water partition coefficient (Wildman–Crippen LogP) is 3.74. The first-order chi connectivity index (χ1) is 13.6. The molecule has 2 aliphatic rings. The van der Waals surface area contributed by atoms with Gasteiger partial charge in [0.15, 0.2) is 0 Å². The van der Waals surface area contributed by atoms with Gasteiger partial charge in [-0.1, -0.05) is 6.42 Å². The highest BCUT2D eigenvalue weighted by Gasteiger charge is 2.36. The lowest BCUT2D eigenvalue weighted by atomic mass is 10.0. The number of anilines is 2. The van der Waals surface area contributed by atoms with E-state index in [9.17, 15) is 9.59 Å². The number of methoxy groups -OCH3 is 1. The van der Waals surface area contributed by atoms with Crippen molar-refractivity contribution in [1.82, 2.24) is 4.90 Å². The smallest absolute Gasteiger partial charge is 0.257 e. The summed E-state index contributed by atoms with van der Waals surface area (Å²) in [5.74, 6) is 0.610. The van der Waals surface area contributed by atoms with Crippen LogP contribution < -0.4 is 15.0 Å². The van der Waals surface area contributed by atoms with Crippen LogP contribution in [0.2, 0.25) is 0 Å². The van der Waals surface area contributed by atoms with E-state index in [4.69, 9.17) is 4.74 Å². The average Bonchev–Trinajstić information content (AvgIpc) is 2.98. The van der Waals surface area contributed by atoms with Gasteiger partial charge in [-0.25, -0.2) is 0 Å². The Kier molecular flexibility index (Phi) is 4.94. The van der Waals surface area contributed by atoms with Crippen molar-refractivity contribution in [2.24, 2.45) is 0 Å². The molecule has 0 spiro atoms. The van der Waals surface area contributed by atoms with E-state index in [1.807, 2.05) is 18.0 Å². The summed E-state index contributed by atoms with van der Waals surface area (Å²) in [5, 5.41) is 2.90. The Balaban J connectivity index is 1.59. The molecule has 0 bridgehead atoms. The van der Waals surface area contributed by atoms with E-state index in [-0.39, 0.29) is 18.0 Å². The molecule has 146 valence electrons. The van der Waals surface area contributed by atoms with E-state index in [0.29, 0.717) is 16.8 Å². The molecule has 2 aromatic carbocycles. The molecule has 1 saturated heterocycles. The van der Waals surface area contributed by atoms with E-state index < -0.39 is 0 Å². The van der Waals surface area contributed by atoms with Gasteiger partial charge < -0.3 is 19.9 Å². The number of carbonyl (C=O) groups is 2. The SMILES string of the molecule is COc1ccc(NC(=O)c2ccc3c(c2)N(C)[C@@H]2CCCCCN2C3=O)cc1. The summed E-state index contributed by atoms with van der Waals surface area (Å²) in [6.45, 7) is 0.799. The van der Waals surface area contributed by atoms with Gasteiger partial charge in [-0.2, -0.15) is 0 Å². The normalized spacial score (nSPS) is 18.8. The minimum atomic E-state index is -0.197. The van der Waals surface area contributed by atoms with Crippen LogP contribution in [-0.4, -0.2) is 43.6 Å². The quantitative estimate of drug-likeness (QED) is 0.883. The van der Waals surface area contributed by atoms with Crippen molar-refractivity contribution < 1.29 is 14.3 Å². The zero-order valence-corrected chi connectivity index (χ0v) is 16.3. The van der Waals surface area contributed by atoms with Crippen molar-refractivity contribution in [2.45, 2.75) is 31.8 Å². The highest BCUT2D eigenvalue weighted by Crippen LogP contribution is 2.34. The van der Waals surface area contributed by atoms with Crippen molar-refractivity contribution in [3.05, 3.63) is 53.6 Å². The Morgan fingerprint density at radius 1 is 1.11 bits per heavy atom. The maximum Gasteiger partial charge on any atom is 0.257 e. The molecule has 1 atom stereocenters. The molecule has 0 unspecified atom stereocenters. The third-order valence-corrected chi connectivity index (χ3v) is 5.65. The number of hydrogen-bond donors (Lipinski definition) is 1. The molecule has 4 rings (SSSR count). The monoisotopic (exact) mass is 379 g/mol. The molecule has 6 nitrogen and oxygen atoms in total. The molecule has 2 heterocycles. The second-order valence-corrected chi connectivity index (χ2v) is 7.35. The first kappa shape index (κ1) is 18.3. The largest absolute Gasteiger partial charge is 0.497 e. The third-order valence-electron chi connectivity index (χ3n) is 5.65. The molecule has 0 aliphatic carbocycles. The van der Waals surface area contributed by atoms with Gasteiger partial charge in [0.05, 0.1) is 18.4 Å². The number of ether oxygens (including phenoxy) is 1. The summed E-state index contributed by atoms with van der Waals surface area (Å²) < 4.78 is 5.14. The van der Waals surface area contributed by atoms with E-state index in [2.05, 4.69) is 10.2 Å². The molecular weight excluding hydrogens is 354 g/mol. The van der Waals surface area contributed by atoms with Gasteiger partial charge in [0.2, 0.25) is 0 Å². The van der Waals surface area contributed by atoms with Gasteiger partial charge in [-0.05, 0) is 61.7 Å². The first-order valence-corrected chi connectivity index (χ1v) is 9.72. The Bertz CT molecular complexity index is 894. The van der Waals surface area contributed by atoms with Gasteiger partial charge in [0.25, 0.3) is 11.8 Å². The molecule has 6 heteroatoms. The minimum absolute atomic E-state index is 0.0714. The van der Waals surface area contributed by atoms with Crippen LogP contribution >= 0.6 is 0 Å². The van der Waals surface area contributed by atoms with Crippen LogP contribution in [0.25, 0.3) is 0 Å². The lowest BCUT2D eigenvalue weighted by Gasteiger charge is -2.43. The van der Waals surface area contributed by atoms with E-state index >= 15 is 0 Å². The number of amides is 2. The lowest BCUT2D eigenvalue weighted by molar-refractivity contribution is 0.0661. The topological polar surface area (TPSA) is 61.9 Å². The van der Waals surface area contributed by atoms with Gasteiger partial charge in [-0.15, -0.1) is 0 Å². The van der Waals surface area contributed by atoms with E-state index in [1.165, 1.54) is 0 Å². The number of carbonyl (C=O) groups excluding carboxylic acids is 2. The summed E-state index contributed by atoms with van der Waals surface area (Å²) in [7, 11) is 3.62. The number of nitrogens with one attached hydrogen (secondary N) is 1. The van der Waals surface area contributed by atoms with Crippen LogP contribution in [0.3, 0.4) is 0 Å². The standard InChI is InChI=1S/C22H25N3O3/c1-24-19-14-15(21(26)23-16-8-10-17(28-2)11-9-16)7-12-18(19)22(27)25-13-5-3-4-6-20(24)25/h7-12,14,20H,3-6,13H2,1-2H3,(H,23,26)/t20-/m0/s1. The van der Waals surface area contributed by atoms with Gasteiger partial charge in [-0.3, -0.25) is 9.59 Å². The molecule has 0 aromatic heterocycles. The summed E-state index contributed by atoms with van der Waals surface area (Å²) in [5.41, 5.74) is 2.73. The summed E-state index contributed by atoms with van der Waals surface area (Å²) in [6, 6.07) is 12.5. The maximum atomic E-state index is 13.0. The molecule has 28 heavy (non-hydrogen) atoms. The van der Waals surface area contributed by atoms with E-state index in [0.717, 1.165) is 43.7 Å². The van der Waals surface area contributed by atoms with E-state index in [1.54, 1.807) is 43.5 Å². The fraction of sp³-hybridized carbons (Fsp3) is 0.364. The Labute approximate surface area is 165 Å². The fourth-order valence-corrected chi connectivity index (χ4v) is 4.07. The molecule has 1 N–H and O–H groups in total. The minimum Gasteiger partial charge on any atom is -0.497 e. The highest BCUT2D eigenvalue weighted by atomic mass is 16.5. The van der Waals surface area contributed by atoms with Crippen LogP contribution in [0.5, 0.6) is 5.75 Å². The third kappa shape index (κ3) is 3.30. The number of rotatable bonds is 3. The molecule has 0 saturated carbocycles. The van der Waals surface area contributed by atoms with Crippen molar-refractivity contribution in [3.8, 4) is 5.75 Å². The molecule has 2 amide bonds. The number of fused-ring (bicyclic) bond motifs is 2. The fourth-order valence-electron chi connectivity index (χ4n) is 4.07. The summed E-state index contributed by atoms with van der Waals surface area (Å²) in [4.78, 5) is 29.8. The lowest BCUT2D eigenvalue weighted by Crippen LogP contribution is -2.53. The Morgan fingerprint density at radius 3 is 2.64 bits per heavy atom. The van der Waals surface area contributed by atoms with Crippen LogP contribution in [-0.2, 0) is 0 Å². The second kappa shape index (κ2) is 7.54. The van der Waals surface area contributed by atoms with Gasteiger partial charge >= 0.3 is 0 Å². The Hall–Kier alpha value is -3.02. The van der Waals surface area contributed by atoms with Crippen molar-refractivity contribution in [3.63, 3.8) is 0 Å². The summed E-state index contributed by atoms with van der Waals surface area (Å²) >= 11 is 0. The van der Waals surface area contributed by atoms with Crippen molar-refractivity contribution in [1.29, 1.82) is 0 Å². The molecule has 0 radical (unpaired) electrons. The van der Waals surface area contributed by atoms with Crippen LogP contribution in [0.15, 0.2) is 42.5 Å². The highest BCUT2D eigenvalue weighted by molar-refractivity contribution is 6.08. The van der Waals surface area contributed by atoms with Gasteiger partial charge in [0.1, 0.15) is 11.9 Å². The zero-order chi connectivity index (χ0) is 19.7. The second-order valence-electron chi connectivity index (χ2n) is 7.35. The Morgan fingerprint density at radius 2 is 1.89 bits per heavy atom. The van der Waals surface area contributed by atoms with Crippen molar-refractivity contribution in [2.75, 3.05) is 30.9 Å². The van der Waals surface area contributed by atoms with Crippen LogP contribution in [0, 0.1) is 0 Å².